The van der Waals surface area contributed by atoms with Crippen molar-refractivity contribution in [3.63, 3.8) is 0 Å². The van der Waals surface area contributed by atoms with E-state index in [0.29, 0.717) is 0 Å². The monoisotopic (exact) mass is 312 g/mol. The molecule has 0 aliphatic carbocycles. The summed E-state index contributed by atoms with van der Waals surface area (Å²) in [7, 11) is 0. The van der Waals surface area contributed by atoms with Crippen molar-refractivity contribution >= 4 is 28.3 Å². The van der Waals surface area contributed by atoms with Crippen molar-refractivity contribution in [1.29, 1.82) is 5.26 Å². The van der Waals surface area contributed by atoms with Gasteiger partial charge < -0.3 is 5.73 Å². The maximum atomic E-state index is 13.2. The van der Waals surface area contributed by atoms with Crippen LogP contribution in [-0.2, 0) is 6.67 Å². The van der Waals surface area contributed by atoms with Gasteiger partial charge in [-0.3, -0.25) is 0 Å². The van der Waals surface area contributed by atoms with Crippen LogP contribution in [0.5, 0.6) is 0 Å². The molecule has 1 aromatic rings. The van der Waals surface area contributed by atoms with Crippen molar-refractivity contribution in [2.24, 2.45) is 0 Å². The SMILES string of the molecule is N#Cc1c(F)c(I)c(N)c(F)c1CF. The molecule has 0 bridgehead atoms. The summed E-state index contributed by atoms with van der Waals surface area (Å²) in [6.45, 7) is -1.26. The standard InChI is InChI=1S/C8H4F3IN2/c9-1-3-4(2-13)5(10)7(12)8(14)6(3)11/h1,14H2. The van der Waals surface area contributed by atoms with Crippen LogP contribution in [0.4, 0.5) is 18.9 Å². The van der Waals surface area contributed by atoms with Crippen molar-refractivity contribution in [1.82, 2.24) is 0 Å². The van der Waals surface area contributed by atoms with E-state index in [1.807, 2.05) is 0 Å². The highest BCUT2D eigenvalue weighted by Gasteiger charge is 2.21. The lowest BCUT2D eigenvalue weighted by Crippen LogP contribution is -2.06. The van der Waals surface area contributed by atoms with Crippen molar-refractivity contribution in [2.75, 3.05) is 5.73 Å². The fraction of sp³-hybridized carbons (Fsp3) is 0.125. The number of hydrogen-bond acceptors (Lipinski definition) is 2. The van der Waals surface area contributed by atoms with Crippen LogP contribution in [-0.4, -0.2) is 0 Å². The molecule has 6 heteroatoms. The Balaban J connectivity index is 3.68. The number of benzene rings is 1. The molecule has 0 aliphatic rings. The molecule has 14 heavy (non-hydrogen) atoms. The molecule has 0 spiro atoms. The number of nitrogens with zero attached hydrogens (tertiary/aromatic N) is 1. The molecule has 0 aromatic heterocycles. The maximum Gasteiger partial charge on any atom is 0.156 e. The largest absolute Gasteiger partial charge is 0.395 e. The van der Waals surface area contributed by atoms with E-state index < -0.39 is 35.1 Å². The Labute approximate surface area is 91.7 Å². The first-order valence-corrected chi connectivity index (χ1v) is 4.53. The molecule has 74 valence electrons. The summed E-state index contributed by atoms with van der Waals surface area (Å²) in [5, 5.41) is 8.50. The minimum absolute atomic E-state index is 0.200. The lowest BCUT2D eigenvalue weighted by Gasteiger charge is -2.08. The minimum Gasteiger partial charge on any atom is -0.395 e. The number of halogens is 4. The summed E-state index contributed by atoms with van der Waals surface area (Å²) in [4.78, 5) is 0. The minimum atomic E-state index is -1.26. The van der Waals surface area contributed by atoms with E-state index in [0.717, 1.165) is 0 Å². The zero-order valence-electron chi connectivity index (χ0n) is 6.74. The molecule has 1 rings (SSSR count). The van der Waals surface area contributed by atoms with Gasteiger partial charge in [0, 0.05) is 5.56 Å². The first-order chi connectivity index (χ1) is 6.54. The van der Waals surface area contributed by atoms with Crippen LogP contribution in [0.1, 0.15) is 11.1 Å². The van der Waals surface area contributed by atoms with Gasteiger partial charge in [-0.1, -0.05) is 0 Å². The average molecular weight is 312 g/mol. The van der Waals surface area contributed by atoms with E-state index >= 15 is 0 Å². The van der Waals surface area contributed by atoms with Crippen molar-refractivity contribution in [3.8, 4) is 6.07 Å². The second-order valence-corrected chi connectivity index (χ2v) is 3.53. The van der Waals surface area contributed by atoms with E-state index in [9.17, 15) is 13.2 Å². The number of alkyl halides is 1. The van der Waals surface area contributed by atoms with Gasteiger partial charge in [0.2, 0.25) is 0 Å². The highest BCUT2D eigenvalue weighted by Crippen LogP contribution is 2.29. The fourth-order valence-electron chi connectivity index (χ4n) is 0.971. The highest BCUT2D eigenvalue weighted by molar-refractivity contribution is 14.1. The Bertz CT molecular complexity index is 426. The lowest BCUT2D eigenvalue weighted by atomic mass is 10.1. The van der Waals surface area contributed by atoms with E-state index in [1.54, 1.807) is 0 Å². The Morgan fingerprint density at radius 3 is 2.36 bits per heavy atom. The molecule has 1 aromatic carbocycles. The Morgan fingerprint density at radius 2 is 1.93 bits per heavy atom. The topological polar surface area (TPSA) is 49.8 Å². The average Bonchev–Trinajstić information content (AvgIpc) is 2.20. The van der Waals surface area contributed by atoms with E-state index in [1.165, 1.54) is 28.7 Å². The third-order valence-corrected chi connectivity index (χ3v) is 2.75. The Morgan fingerprint density at radius 1 is 1.36 bits per heavy atom. The molecule has 0 atom stereocenters. The molecule has 0 radical (unpaired) electrons. The molecule has 2 nitrogen and oxygen atoms in total. The van der Waals surface area contributed by atoms with Gasteiger partial charge in [-0.25, -0.2) is 13.2 Å². The van der Waals surface area contributed by atoms with Gasteiger partial charge in [0.1, 0.15) is 12.7 Å². The normalized spacial score (nSPS) is 9.93. The van der Waals surface area contributed by atoms with Crippen molar-refractivity contribution in [2.45, 2.75) is 6.67 Å². The number of nitrogens with two attached hydrogens (primary N) is 1. The highest BCUT2D eigenvalue weighted by atomic mass is 127. The molecule has 0 aliphatic heterocycles. The molecule has 0 saturated carbocycles. The van der Waals surface area contributed by atoms with Crippen LogP contribution in [0, 0.1) is 26.5 Å². The summed E-state index contributed by atoms with van der Waals surface area (Å²) >= 11 is 1.46. The van der Waals surface area contributed by atoms with Gasteiger partial charge in [-0.2, -0.15) is 5.26 Å². The van der Waals surface area contributed by atoms with Gasteiger partial charge in [-0.05, 0) is 22.6 Å². The summed E-state index contributed by atoms with van der Waals surface area (Å²) in [6.07, 6.45) is 0. The predicted molar refractivity (Wildman–Crippen MR) is 53.0 cm³/mol. The van der Waals surface area contributed by atoms with E-state index in [2.05, 4.69) is 0 Å². The van der Waals surface area contributed by atoms with Crippen LogP contribution < -0.4 is 5.73 Å². The number of nitriles is 1. The second kappa shape index (κ2) is 4.04. The molecule has 0 saturated heterocycles. The summed E-state index contributed by atoms with van der Waals surface area (Å²) < 4.78 is 38.6. The molecule has 0 amide bonds. The first-order valence-electron chi connectivity index (χ1n) is 3.45. The Kier molecular flexibility index (Phi) is 3.21. The van der Waals surface area contributed by atoms with Gasteiger partial charge in [-0.15, -0.1) is 0 Å². The molecule has 0 fully saturated rings. The van der Waals surface area contributed by atoms with Crippen LogP contribution in [0.15, 0.2) is 0 Å². The van der Waals surface area contributed by atoms with Crippen LogP contribution in [0.25, 0.3) is 0 Å². The predicted octanol–water partition coefficient (Wildman–Crippen LogP) is 2.49. The van der Waals surface area contributed by atoms with Gasteiger partial charge >= 0.3 is 0 Å². The third kappa shape index (κ3) is 1.52. The summed E-state index contributed by atoms with van der Waals surface area (Å²) in [6, 6.07) is 1.41. The Hall–Kier alpha value is -0.970. The van der Waals surface area contributed by atoms with Crippen LogP contribution in [0.3, 0.4) is 0 Å². The van der Waals surface area contributed by atoms with E-state index in [4.69, 9.17) is 11.0 Å². The molecule has 0 heterocycles. The maximum absolute atomic E-state index is 13.2. The zero-order chi connectivity index (χ0) is 10.9. The number of nitrogen functional groups attached to an aromatic ring is 1. The summed E-state index contributed by atoms with van der Waals surface area (Å²) in [5.41, 5.74) is 3.48. The zero-order valence-corrected chi connectivity index (χ0v) is 8.90. The smallest absolute Gasteiger partial charge is 0.156 e. The van der Waals surface area contributed by atoms with Crippen molar-refractivity contribution in [3.05, 3.63) is 26.3 Å². The van der Waals surface area contributed by atoms with E-state index in [-0.39, 0.29) is 3.57 Å². The summed E-state index contributed by atoms with van der Waals surface area (Å²) in [5.74, 6) is -2.03. The number of anilines is 1. The van der Waals surface area contributed by atoms with Crippen LogP contribution >= 0.6 is 22.6 Å². The van der Waals surface area contributed by atoms with Gasteiger partial charge in [0.05, 0.1) is 14.8 Å². The van der Waals surface area contributed by atoms with Gasteiger partial charge in [0.25, 0.3) is 0 Å². The molecule has 0 unspecified atom stereocenters. The molecule has 2 N–H and O–H groups in total. The number of rotatable bonds is 1. The third-order valence-electron chi connectivity index (χ3n) is 1.70. The van der Waals surface area contributed by atoms with Crippen molar-refractivity contribution < 1.29 is 13.2 Å². The number of hydrogen-bond donors (Lipinski definition) is 1. The van der Waals surface area contributed by atoms with Gasteiger partial charge in [0.15, 0.2) is 11.6 Å². The van der Waals surface area contributed by atoms with Crippen LogP contribution in [0.2, 0.25) is 0 Å². The quantitative estimate of drug-likeness (QED) is 0.492. The second-order valence-electron chi connectivity index (χ2n) is 2.45. The molecular weight excluding hydrogens is 308 g/mol. The fourth-order valence-corrected chi connectivity index (χ4v) is 1.48. The lowest BCUT2D eigenvalue weighted by molar-refractivity contribution is 0.459. The molecular formula is C8H4F3IN2. The first kappa shape index (κ1) is 11.1.